The van der Waals surface area contributed by atoms with Crippen LogP contribution in [0.5, 0.6) is 5.75 Å². The summed E-state index contributed by atoms with van der Waals surface area (Å²) in [6.07, 6.45) is 0.999. The van der Waals surface area contributed by atoms with Gasteiger partial charge in [-0.2, -0.15) is 0 Å². The molecule has 1 atom stereocenters. The monoisotopic (exact) mass is 313 g/mol. The molecule has 0 aliphatic heterocycles. The quantitative estimate of drug-likeness (QED) is 0.766. The van der Waals surface area contributed by atoms with Crippen molar-refractivity contribution in [1.29, 1.82) is 0 Å². The first-order chi connectivity index (χ1) is 11.3. The molecule has 3 nitrogen and oxygen atoms in total. The number of hydrogen-bond acceptors (Lipinski definition) is 3. The van der Waals surface area contributed by atoms with Crippen molar-refractivity contribution in [3.05, 3.63) is 65.7 Å². The fourth-order valence-corrected chi connectivity index (χ4v) is 2.91. The molecular formula is C20H27NO2. The van der Waals surface area contributed by atoms with Gasteiger partial charge in [0.2, 0.25) is 0 Å². The predicted octanol–water partition coefficient (Wildman–Crippen LogP) is 3.68. The van der Waals surface area contributed by atoms with Crippen LogP contribution in [0.4, 0.5) is 0 Å². The van der Waals surface area contributed by atoms with E-state index in [-0.39, 0.29) is 6.61 Å². The van der Waals surface area contributed by atoms with Gasteiger partial charge in [-0.15, -0.1) is 0 Å². The van der Waals surface area contributed by atoms with Crippen LogP contribution in [0, 0.1) is 0 Å². The molecule has 124 valence electrons. The lowest BCUT2D eigenvalue weighted by molar-refractivity contribution is 0.200. The van der Waals surface area contributed by atoms with Gasteiger partial charge >= 0.3 is 0 Å². The van der Waals surface area contributed by atoms with Gasteiger partial charge in [-0.1, -0.05) is 56.3 Å². The molecule has 3 heteroatoms. The predicted molar refractivity (Wildman–Crippen MR) is 94.8 cm³/mol. The minimum atomic E-state index is 0.0395. The summed E-state index contributed by atoms with van der Waals surface area (Å²) in [6, 6.07) is 19.3. The minimum absolute atomic E-state index is 0.0395. The number of likely N-dealkylation sites (N-methyl/N-ethyl adjacent to an activating group) is 1. The van der Waals surface area contributed by atoms with Crippen LogP contribution in [0.3, 0.4) is 0 Å². The molecule has 0 bridgehead atoms. The molecule has 0 saturated heterocycles. The highest BCUT2D eigenvalue weighted by atomic mass is 16.5. The van der Waals surface area contributed by atoms with E-state index < -0.39 is 0 Å². The van der Waals surface area contributed by atoms with Crippen LogP contribution in [0.2, 0.25) is 0 Å². The number of hydrogen-bond donors (Lipinski definition) is 1. The average molecular weight is 313 g/mol. The largest absolute Gasteiger partial charge is 0.491 e. The highest BCUT2D eigenvalue weighted by Gasteiger charge is 2.18. The Morgan fingerprint density at radius 1 is 0.957 bits per heavy atom. The molecule has 0 radical (unpaired) electrons. The van der Waals surface area contributed by atoms with Crippen molar-refractivity contribution >= 4 is 0 Å². The Labute approximate surface area is 139 Å². The molecule has 0 aliphatic carbocycles. The number of aliphatic hydroxyl groups is 1. The second-order valence-electron chi connectivity index (χ2n) is 5.57. The Bertz CT molecular complexity index is 550. The first kappa shape index (κ1) is 17.5. The Morgan fingerprint density at radius 2 is 1.61 bits per heavy atom. The van der Waals surface area contributed by atoms with Gasteiger partial charge in [-0.3, -0.25) is 4.90 Å². The van der Waals surface area contributed by atoms with Crippen LogP contribution in [-0.2, 0) is 6.42 Å². The summed E-state index contributed by atoms with van der Waals surface area (Å²) in [5.41, 5.74) is 2.65. The first-order valence-electron chi connectivity index (χ1n) is 8.40. The Balaban J connectivity index is 2.19. The van der Waals surface area contributed by atoms with Crippen molar-refractivity contribution in [3.8, 4) is 5.75 Å². The van der Waals surface area contributed by atoms with E-state index in [2.05, 4.69) is 61.2 Å². The Kier molecular flexibility index (Phi) is 7.11. The summed E-state index contributed by atoms with van der Waals surface area (Å²) in [5, 5.41) is 8.84. The molecule has 0 aliphatic rings. The van der Waals surface area contributed by atoms with Crippen molar-refractivity contribution in [3.63, 3.8) is 0 Å². The SMILES string of the molecule is CCN(CC)[C@H](Cc1ccccc1)c1ccc(OCCO)cc1. The van der Waals surface area contributed by atoms with Gasteiger partial charge in [0, 0.05) is 6.04 Å². The maximum absolute atomic E-state index is 8.84. The molecule has 0 saturated carbocycles. The summed E-state index contributed by atoms with van der Waals surface area (Å²) in [4.78, 5) is 2.48. The maximum atomic E-state index is 8.84. The zero-order valence-electron chi connectivity index (χ0n) is 14.1. The average Bonchev–Trinajstić information content (AvgIpc) is 2.61. The molecule has 0 spiro atoms. The van der Waals surface area contributed by atoms with E-state index in [0.29, 0.717) is 12.6 Å². The van der Waals surface area contributed by atoms with Gasteiger partial charge in [-0.05, 0) is 42.8 Å². The highest BCUT2D eigenvalue weighted by molar-refractivity contribution is 5.30. The molecule has 0 heterocycles. The second kappa shape index (κ2) is 9.33. The number of benzene rings is 2. The second-order valence-corrected chi connectivity index (χ2v) is 5.57. The number of nitrogens with zero attached hydrogens (tertiary/aromatic N) is 1. The molecule has 0 aromatic heterocycles. The molecule has 0 fully saturated rings. The third-order valence-corrected chi connectivity index (χ3v) is 4.15. The fourth-order valence-electron chi connectivity index (χ4n) is 2.91. The molecule has 0 amide bonds. The maximum Gasteiger partial charge on any atom is 0.119 e. The number of ether oxygens (including phenoxy) is 1. The standard InChI is InChI=1S/C20H27NO2/c1-3-21(4-2)20(16-17-8-6-5-7-9-17)18-10-12-19(13-11-18)23-15-14-22/h5-13,20,22H,3-4,14-16H2,1-2H3/t20-/m1/s1. The molecular weight excluding hydrogens is 286 g/mol. The summed E-state index contributed by atoms with van der Waals surface area (Å²) in [5.74, 6) is 0.806. The van der Waals surface area contributed by atoms with E-state index in [1.807, 2.05) is 12.1 Å². The normalized spacial score (nSPS) is 12.3. The van der Waals surface area contributed by atoms with Gasteiger partial charge in [0.15, 0.2) is 0 Å². The molecule has 0 unspecified atom stereocenters. The zero-order chi connectivity index (χ0) is 16.5. The summed E-state index contributed by atoms with van der Waals surface area (Å²) in [7, 11) is 0. The third-order valence-electron chi connectivity index (χ3n) is 4.15. The summed E-state index contributed by atoms with van der Waals surface area (Å²) < 4.78 is 5.46. The van der Waals surface area contributed by atoms with Crippen molar-refractivity contribution in [1.82, 2.24) is 4.90 Å². The lowest BCUT2D eigenvalue weighted by Crippen LogP contribution is -2.30. The number of rotatable bonds is 9. The van der Waals surface area contributed by atoms with Crippen LogP contribution >= 0.6 is 0 Å². The van der Waals surface area contributed by atoms with Crippen molar-refractivity contribution < 1.29 is 9.84 Å². The molecule has 2 aromatic rings. The fraction of sp³-hybridized carbons (Fsp3) is 0.400. The van der Waals surface area contributed by atoms with Crippen molar-refractivity contribution in [2.75, 3.05) is 26.3 Å². The highest BCUT2D eigenvalue weighted by Crippen LogP contribution is 2.26. The van der Waals surface area contributed by atoms with E-state index >= 15 is 0 Å². The van der Waals surface area contributed by atoms with Crippen LogP contribution in [0.25, 0.3) is 0 Å². The molecule has 2 rings (SSSR count). The van der Waals surface area contributed by atoms with Crippen LogP contribution < -0.4 is 4.74 Å². The lowest BCUT2D eigenvalue weighted by atomic mass is 9.97. The van der Waals surface area contributed by atoms with E-state index in [0.717, 1.165) is 25.3 Å². The van der Waals surface area contributed by atoms with E-state index in [4.69, 9.17) is 9.84 Å². The van der Waals surface area contributed by atoms with Crippen molar-refractivity contribution in [2.45, 2.75) is 26.3 Å². The van der Waals surface area contributed by atoms with Crippen LogP contribution in [0.15, 0.2) is 54.6 Å². The van der Waals surface area contributed by atoms with Gasteiger partial charge in [0.1, 0.15) is 12.4 Å². The van der Waals surface area contributed by atoms with Gasteiger partial charge < -0.3 is 9.84 Å². The zero-order valence-corrected chi connectivity index (χ0v) is 14.1. The summed E-state index contributed by atoms with van der Waals surface area (Å²) >= 11 is 0. The molecule has 1 N–H and O–H groups in total. The topological polar surface area (TPSA) is 32.7 Å². The first-order valence-corrected chi connectivity index (χ1v) is 8.40. The van der Waals surface area contributed by atoms with Gasteiger partial charge in [0.25, 0.3) is 0 Å². The van der Waals surface area contributed by atoms with Gasteiger partial charge in [0.05, 0.1) is 6.61 Å². The minimum Gasteiger partial charge on any atom is -0.491 e. The smallest absolute Gasteiger partial charge is 0.119 e. The van der Waals surface area contributed by atoms with Crippen LogP contribution in [0.1, 0.15) is 31.0 Å². The Hall–Kier alpha value is -1.84. The molecule has 2 aromatic carbocycles. The van der Waals surface area contributed by atoms with E-state index in [1.165, 1.54) is 11.1 Å². The van der Waals surface area contributed by atoms with E-state index in [9.17, 15) is 0 Å². The Morgan fingerprint density at radius 3 is 2.17 bits per heavy atom. The lowest BCUT2D eigenvalue weighted by Gasteiger charge is -2.30. The van der Waals surface area contributed by atoms with E-state index in [1.54, 1.807) is 0 Å². The van der Waals surface area contributed by atoms with Crippen molar-refractivity contribution in [2.24, 2.45) is 0 Å². The summed E-state index contributed by atoms with van der Waals surface area (Å²) in [6.45, 7) is 6.84. The molecule has 23 heavy (non-hydrogen) atoms. The number of aliphatic hydroxyl groups excluding tert-OH is 1. The third kappa shape index (κ3) is 5.08. The van der Waals surface area contributed by atoms with Crippen LogP contribution in [-0.4, -0.2) is 36.3 Å². The van der Waals surface area contributed by atoms with Gasteiger partial charge in [-0.25, -0.2) is 0 Å².